The van der Waals surface area contributed by atoms with Crippen molar-refractivity contribution in [3.63, 3.8) is 0 Å². The average Bonchev–Trinajstić information content (AvgIpc) is 3.05. The molecule has 2 N–H and O–H groups in total. The maximum atomic E-state index is 5.96. The summed E-state index contributed by atoms with van der Waals surface area (Å²) < 4.78 is 11.0. The van der Waals surface area contributed by atoms with Crippen LogP contribution in [0.2, 0.25) is 0 Å². The van der Waals surface area contributed by atoms with Crippen LogP contribution in [0.4, 0.5) is 0 Å². The minimum atomic E-state index is -0.185. The van der Waals surface area contributed by atoms with Crippen LogP contribution in [0, 0.1) is 0 Å². The second-order valence-corrected chi connectivity index (χ2v) is 4.80. The van der Waals surface area contributed by atoms with Gasteiger partial charge in [-0.2, -0.15) is 4.98 Å². The number of aromatic nitrogens is 2. The van der Waals surface area contributed by atoms with Crippen LogP contribution >= 0.6 is 0 Å². The van der Waals surface area contributed by atoms with Gasteiger partial charge in [-0.3, -0.25) is 0 Å². The summed E-state index contributed by atoms with van der Waals surface area (Å²) in [5.41, 5.74) is 7.14. The molecule has 1 aromatic heterocycles. The lowest BCUT2D eigenvalue weighted by Crippen LogP contribution is -2.11. The van der Waals surface area contributed by atoms with Crippen LogP contribution in [0.25, 0.3) is 0 Å². The molecule has 1 aliphatic heterocycles. The zero-order chi connectivity index (χ0) is 13.2. The summed E-state index contributed by atoms with van der Waals surface area (Å²) in [5, 5.41) is 3.99. The van der Waals surface area contributed by atoms with Gasteiger partial charge in [0.1, 0.15) is 5.75 Å². The van der Waals surface area contributed by atoms with Gasteiger partial charge >= 0.3 is 0 Å². The third-order valence-electron chi connectivity index (χ3n) is 3.31. The number of nitrogens with zero attached hydrogens (tertiary/aromatic N) is 2. The van der Waals surface area contributed by atoms with Crippen molar-refractivity contribution in [1.29, 1.82) is 0 Å². The fourth-order valence-electron chi connectivity index (χ4n) is 2.29. The Labute approximate surface area is 111 Å². The van der Waals surface area contributed by atoms with E-state index >= 15 is 0 Å². The second kappa shape index (κ2) is 5.01. The number of para-hydroxylation sites is 1. The Bertz CT molecular complexity index is 542. The van der Waals surface area contributed by atoms with Crippen LogP contribution in [-0.2, 0) is 6.42 Å². The highest BCUT2D eigenvalue weighted by Gasteiger charge is 2.28. The molecule has 5 nitrogen and oxygen atoms in total. The van der Waals surface area contributed by atoms with E-state index < -0.39 is 0 Å². The van der Waals surface area contributed by atoms with Gasteiger partial charge in [-0.05, 0) is 18.1 Å². The molecule has 19 heavy (non-hydrogen) atoms. The highest BCUT2D eigenvalue weighted by molar-refractivity contribution is 5.37. The fraction of sp³-hybridized carbons (Fsp3) is 0.429. The Morgan fingerprint density at radius 3 is 3.05 bits per heavy atom. The Morgan fingerprint density at radius 1 is 1.42 bits per heavy atom. The predicted octanol–water partition coefficient (Wildman–Crippen LogP) is 2.55. The Kier molecular flexibility index (Phi) is 3.21. The summed E-state index contributed by atoms with van der Waals surface area (Å²) in [6.07, 6.45) is 2.44. The second-order valence-electron chi connectivity index (χ2n) is 4.80. The average molecular weight is 259 g/mol. The van der Waals surface area contributed by atoms with Crippen LogP contribution < -0.4 is 10.5 Å². The van der Waals surface area contributed by atoms with E-state index in [-0.39, 0.29) is 12.1 Å². The first-order valence-corrected chi connectivity index (χ1v) is 6.61. The molecule has 3 rings (SSSR count). The molecule has 0 saturated heterocycles. The van der Waals surface area contributed by atoms with Gasteiger partial charge < -0.3 is 15.0 Å². The van der Waals surface area contributed by atoms with E-state index in [2.05, 4.69) is 23.1 Å². The number of ether oxygens (including phenoxy) is 1. The van der Waals surface area contributed by atoms with Crippen molar-refractivity contribution in [3.8, 4) is 5.75 Å². The molecule has 1 unspecified atom stereocenters. The molecule has 2 heterocycles. The molecule has 0 amide bonds. The lowest BCUT2D eigenvalue weighted by atomic mass is 10.1. The van der Waals surface area contributed by atoms with Crippen molar-refractivity contribution in [2.75, 3.05) is 0 Å². The molecule has 0 aliphatic carbocycles. The SMILES string of the molecule is CCC[C@H](N)c1nc(C2Cc3ccccc3O2)no1. The van der Waals surface area contributed by atoms with Crippen molar-refractivity contribution >= 4 is 0 Å². The first kappa shape index (κ1) is 12.2. The van der Waals surface area contributed by atoms with Crippen molar-refractivity contribution in [2.45, 2.75) is 38.3 Å². The quantitative estimate of drug-likeness (QED) is 0.913. The third kappa shape index (κ3) is 2.33. The molecule has 2 atom stereocenters. The zero-order valence-electron chi connectivity index (χ0n) is 10.9. The topological polar surface area (TPSA) is 74.2 Å². The lowest BCUT2D eigenvalue weighted by molar-refractivity contribution is 0.220. The molecule has 0 bridgehead atoms. The monoisotopic (exact) mass is 259 g/mol. The number of benzene rings is 1. The zero-order valence-corrected chi connectivity index (χ0v) is 10.9. The molecular formula is C14H17N3O2. The summed E-state index contributed by atoms with van der Waals surface area (Å²) in [6, 6.07) is 7.79. The Balaban J connectivity index is 1.75. The molecule has 0 fully saturated rings. The summed E-state index contributed by atoms with van der Waals surface area (Å²) >= 11 is 0. The number of fused-ring (bicyclic) bond motifs is 1. The van der Waals surface area contributed by atoms with E-state index in [0.717, 1.165) is 25.0 Å². The maximum Gasteiger partial charge on any atom is 0.243 e. The molecule has 0 radical (unpaired) electrons. The number of hydrogen-bond donors (Lipinski definition) is 1. The van der Waals surface area contributed by atoms with Crippen molar-refractivity contribution in [3.05, 3.63) is 41.5 Å². The van der Waals surface area contributed by atoms with Gasteiger partial charge in [0.15, 0.2) is 6.10 Å². The number of nitrogens with two attached hydrogens (primary N) is 1. The van der Waals surface area contributed by atoms with Gasteiger partial charge in [0.25, 0.3) is 0 Å². The largest absolute Gasteiger partial charge is 0.482 e. The van der Waals surface area contributed by atoms with Crippen molar-refractivity contribution < 1.29 is 9.26 Å². The van der Waals surface area contributed by atoms with Crippen LogP contribution in [0.1, 0.15) is 49.2 Å². The van der Waals surface area contributed by atoms with Crippen LogP contribution in [-0.4, -0.2) is 10.1 Å². The van der Waals surface area contributed by atoms with E-state index in [0.29, 0.717) is 11.7 Å². The lowest BCUT2D eigenvalue weighted by Gasteiger charge is -2.05. The van der Waals surface area contributed by atoms with Gasteiger partial charge in [-0.25, -0.2) is 0 Å². The van der Waals surface area contributed by atoms with Gasteiger partial charge in [-0.1, -0.05) is 36.7 Å². The summed E-state index contributed by atoms with van der Waals surface area (Å²) in [5.74, 6) is 1.98. The number of hydrogen-bond acceptors (Lipinski definition) is 5. The molecule has 0 spiro atoms. The fourth-order valence-corrected chi connectivity index (χ4v) is 2.29. The standard InChI is InChI=1S/C14H17N3O2/c1-2-5-10(15)14-16-13(17-19-14)12-8-9-6-3-4-7-11(9)18-12/h3-4,6-7,10,12H,2,5,8,15H2,1H3/t10-,12?/m0/s1. The van der Waals surface area contributed by atoms with Gasteiger partial charge in [0.05, 0.1) is 6.04 Å². The summed E-state index contributed by atoms with van der Waals surface area (Å²) in [4.78, 5) is 4.37. The van der Waals surface area contributed by atoms with E-state index in [1.54, 1.807) is 0 Å². The molecule has 5 heteroatoms. The maximum absolute atomic E-state index is 5.96. The highest BCUT2D eigenvalue weighted by atomic mass is 16.5. The minimum absolute atomic E-state index is 0.163. The molecular weight excluding hydrogens is 242 g/mol. The molecule has 0 saturated carbocycles. The van der Waals surface area contributed by atoms with Crippen LogP contribution in [0.3, 0.4) is 0 Å². The van der Waals surface area contributed by atoms with Gasteiger partial charge in [-0.15, -0.1) is 0 Å². The first-order chi connectivity index (χ1) is 9.28. The highest BCUT2D eigenvalue weighted by Crippen LogP contribution is 2.35. The smallest absolute Gasteiger partial charge is 0.243 e. The Hall–Kier alpha value is -1.88. The van der Waals surface area contributed by atoms with E-state index in [1.807, 2.05) is 18.2 Å². The van der Waals surface area contributed by atoms with Gasteiger partial charge in [0.2, 0.25) is 11.7 Å². The van der Waals surface area contributed by atoms with Gasteiger partial charge in [0, 0.05) is 6.42 Å². The van der Waals surface area contributed by atoms with E-state index in [9.17, 15) is 0 Å². The summed E-state index contributed by atoms with van der Waals surface area (Å²) in [6.45, 7) is 2.08. The summed E-state index contributed by atoms with van der Waals surface area (Å²) in [7, 11) is 0. The van der Waals surface area contributed by atoms with E-state index in [1.165, 1.54) is 5.56 Å². The minimum Gasteiger partial charge on any atom is -0.482 e. The molecule has 100 valence electrons. The first-order valence-electron chi connectivity index (χ1n) is 6.61. The normalized spacial score (nSPS) is 18.9. The number of rotatable bonds is 4. The molecule has 1 aliphatic rings. The molecule has 1 aromatic carbocycles. The molecule has 2 aromatic rings. The van der Waals surface area contributed by atoms with Crippen LogP contribution in [0.5, 0.6) is 5.75 Å². The van der Waals surface area contributed by atoms with Crippen molar-refractivity contribution in [1.82, 2.24) is 10.1 Å². The Morgan fingerprint density at radius 2 is 2.26 bits per heavy atom. The third-order valence-corrected chi connectivity index (χ3v) is 3.31. The van der Waals surface area contributed by atoms with Crippen molar-refractivity contribution in [2.24, 2.45) is 5.73 Å². The predicted molar refractivity (Wildman–Crippen MR) is 69.6 cm³/mol. The van der Waals surface area contributed by atoms with E-state index in [4.69, 9.17) is 15.0 Å². The van der Waals surface area contributed by atoms with Crippen LogP contribution in [0.15, 0.2) is 28.8 Å².